The van der Waals surface area contributed by atoms with Crippen LogP contribution >= 0.6 is 0 Å². The summed E-state index contributed by atoms with van der Waals surface area (Å²) in [5.41, 5.74) is 2.69. The van der Waals surface area contributed by atoms with E-state index in [1.807, 2.05) is 6.07 Å². The predicted octanol–water partition coefficient (Wildman–Crippen LogP) is 4.82. The quantitative estimate of drug-likeness (QED) is 0.762. The molecule has 27 heavy (non-hydrogen) atoms. The third-order valence-corrected chi connectivity index (χ3v) is 7.03. The van der Waals surface area contributed by atoms with Gasteiger partial charge in [0.25, 0.3) is 0 Å². The Labute approximate surface area is 163 Å². The lowest BCUT2D eigenvalue weighted by Crippen LogP contribution is -2.36. The number of hydrogen-bond acceptors (Lipinski definition) is 3. The summed E-state index contributed by atoms with van der Waals surface area (Å²) < 4.78 is 5.65. The largest absolute Gasteiger partial charge is 0.414 e. The van der Waals surface area contributed by atoms with Crippen molar-refractivity contribution in [1.82, 2.24) is 9.80 Å². The summed E-state index contributed by atoms with van der Waals surface area (Å²) in [4.78, 5) is 16.3. The molecular formula is C23H34N2O2. The van der Waals surface area contributed by atoms with Gasteiger partial charge in [0.05, 0.1) is 0 Å². The molecular weight excluding hydrogens is 336 g/mol. The van der Waals surface area contributed by atoms with Crippen molar-refractivity contribution in [1.29, 1.82) is 0 Å². The molecule has 3 aliphatic rings. The van der Waals surface area contributed by atoms with Crippen LogP contribution in [0.25, 0.3) is 0 Å². The van der Waals surface area contributed by atoms with Gasteiger partial charge in [0.2, 0.25) is 0 Å². The van der Waals surface area contributed by atoms with Gasteiger partial charge in [-0.25, -0.2) is 4.79 Å². The number of nitrogens with zero attached hydrogens (tertiary/aromatic N) is 2. The van der Waals surface area contributed by atoms with Crippen molar-refractivity contribution in [2.24, 2.45) is 5.92 Å². The van der Waals surface area contributed by atoms with Gasteiger partial charge in [-0.1, -0.05) is 44.2 Å². The Hall–Kier alpha value is -1.55. The van der Waals surface area contributed by atoms with Crippen LogP contribution in [-0.2, 0) is 6.42 Å². The highest BCUT2D eigenvalue weighted by Crippen LogP contribution is 2.44. The first-order chi connectivity index (χ1) is 13.1. The summed E-state index contributed by atoms with van der Waals surface area (Å²) in [6.07, 6.45) is 11.8. The molecule has 4 heteroatoms. The van der Waals surface area contributed by atoms with Crippen LogP contribution in [0.2, 0.25) is 0 Å². The highest BCUT2D eigenvalue weighted by Gasteiger charge is 2.39. The zero-order valence-corrected chi connectivity index (χ0v) is 17.0. The lowest BCUT2D eigenvalue weighted by atomic mass is 9.79. The highest BCUT2D eigenvalue weighted by molar-refractivity contribution is 5.70. The first-order valence-electron chi connectivity index (χ1n) is 10.9. The van der Waals surface area contributed by atoms with Gasteiger partial charge < -0.3 is 9.64 Å². The summed E-state index contributed by atoms with van der Waals surface area (Å²) in [5.74, 6) is 2.34. The van der Waals surface area contributed by atoms with Crippen LogP contribution in [0.4, 0.5) is 4.79 Å². The number of hydrogen-bond donors (Lipinski definition) is 0. The normalized spacial score (nSPS) is 25.7. The van der Waals surface area contributed by atoms with E-state index in [1.54, 1.807) is 14.1 Å². The Morgan fingerprint density at radius 3 is 2.74 bits per heavy atom. The molecule has 0 unspecified atom stereocenters. The maximum atomic E-state index is 12.0. The lowest BCUT2D eigenvalue weighted by Gasteiger charge is -2.35. The van der Waals surface area contributed by atoms with E-state index < -0.39 is 0 Å². The number of likely N-dealkylation sites (tertiary alicyclic amines) is 1. The van der Waals surface area contributed by atoms with Gasteiger partial charge in [-0.2, -0.15) is 0 Å². The summed E-state index contributed by atoms with van der Waals surface area (Å²) in [7, 11) is 3.46. The number of carbonyl (C=O) groups is 1. The molecule has 148 valence electrons. The molecule has 0 N–H and O–H groups in total. The van der Waals surface area contributed by atoms with Crippen molar-refractivity contribution in [3.8, 4) is 5.75 Å². The second-order valence-electron chi connectivity index (χ2n) is 8.92. The first-order valence-corrected chi connectivity index (χ1v) is 10.9. The standard InChI is InChI=1S/C23H34N2O2/c1-24(2)23(26)27-22-10-6-9-18-19-14-16-25(21(19)12-11-20(18)22)15-13-17-7-4-3-5-8-17/h6,9-10,17,19,21H,3-5,7-8,11-16H2,1-2H3/t19-,21+/m0/s1. The summed E-state index contributed by atoms with van der Waals surface area (Å²) >= 11 is 0. The van der Waals surface area contributed by atoms with E-state index in [0.717, 1.165) is 18.1 Å². The predicted molar refractivity (Wildman–Crippen MR) is 108 cm³/mol. The second kappa shape index (κ2) is 8.22. The minimum Gasteiger partial charge on any atom is -0.410 e. The van der Waals surface area contributed by atoms with Crippen molar-refractivity contribution in [2.45, 2.75) is 69.7 Å². The molecule has 4 rings (SSSR count). The molecule has 0 radical (unpaired) electrons. The van der Waals surface area contributed by atoms with Crippen LogP contribution in [0.1, 0.15) is 68.4 Å². The zero-order chi connectivity index (χ0) is 18.8. The molecule has 2 aliphatic carbocycles. The number of amides is 1. The third kappa shape index (κ3) is 4.01. The molecule has 2 fully saturated rings. The Balaban J connectivity index is 1.43. The molecule has 0 bridgehead atoms. The fourth-order valence-electron chi connectivity index (χ4n) is 5.54. The van der Waals surface area contributed by atoms with E-state index >= 15 is 0 Å². The Morgan fingerprint density at radius 1 is 1.15 bits per heavy atom. The number of ether oxygens (including phenoxy) is 1. The van der Waals surface area contributed by atoms with Crippen LogP contribution < -0.4 is 4.74 Å². The van der Waals surface area contributed by atoms with Crippen LogP contribution in [0.15, 0.2) is 18.2 Å². The summed E-state index contributed by atoms with van der Waals surface area (Å²) in [5, 5.41) is 0. The zero-order valence-electron chi connectivity index (χ0n) is 17.0. The SMILES string of the molecule is CN(C)C(=O)Oc1cccc2c1CC[C@@H]1[C@H]2CCN1CCC1CCCCC1. The molecule has 1 saturated heterocycles. The van der Waals surface area contributed by atoms with Gasteiger partial charge in [-0.3, -0.25) is 4.90 Å². The Kier molecular flexibility index (Phi) is 5.72. The molecule has 1 aromatic rings. The molecule has 4 nitrogen and oxygen atoms in total. The van der Waals surface area contributed by atoms with E-state index in [1.165, 1.54) is 80.5 Å². The number of rotatable bonds is 4. The molecule has 1 amide bonds. The van der Waals surface area contributed by atoms with Crippen molar-refractivity contribution in [2.75, 3.05) is 27.2 Å². The molecule has 0 aromatic heterocycles. The average molecular weight is 371 g/mol. The Bertz CT molecular complexity index is 666. The van der Waals surface area contributed by atoms with Crippen LogP contribution in [0, 0.1) is 5.92 Å². The van der Waals surface area contributed by atoms with E-state index in [4.69, 9.17) is 4.74 Å². The molecule has 0 spiro atoms. The Morgan fingerprint density at radius 2 is 1.96 bits per heavy atom. The van der Waals surface area contributed by atoms with E-state index in [2.05, 4.69) is 17.0 Å². The molecule has 1 heterocycles. The summed E-state index contributed by atoms with van der Waals surface area (Å²) in [6, 6.07) is 6.96. The van der Waals surface area contributed by atoms with Crippen molar-refractivity contribution >= 4 is 6.09 Å². The topological polar surface area (TPSA) is 32.8 Å². The fourth-order valence-corrected chi connectivity index (χ4v) is 5.54. The van der Waals surface area contributed by atoms with Gasteiger partial charge in [0.15, 0.2) is 0 Å². The maximum absolute atomic E-state index is 12.0. The maximum Gasteiger partial charge on any atom is 0.414 e. The highest BCUT2D eigenvalue weighted by atomic mass is 16.6. The van der Waals surface area contributed by atoms with Gasteiger partial charge >= 0.3 is 6.09 Å². The second-order valence-corrected chi connectivity index (χ2v) is 8.92. The lowest BCUT2D eigenvalue weighted by molar-refractivity contribution is 0.170. The number of fused-ring (bicyclic) bond motifs is 3. The monoisotopic (exact) mass is 370 g/mol. The van der Waals surface area contributed by atoms with Crippen molar-refractivity contribution < 1.29 is 9.53 Å². The average Bonchev–Trinajstić information content (AvgIpc) is 3.11. The smallest absolute Gasteiger partial charge is 0.410 e. The van der Waals surface area contributed by atoms with Crippen LogP contribution in [0.3, 0.4) is 0 Å². The first kappa shape index (κ1) is 18.8. The van der Waals surface area contributed by atoms with E-state index in [9.17, 15) is 4.79 Å². The van der Waals surface area contributed by atoms with Crippen molar-refractivity contribution in [3.05, 3.63) is 29.3 Å². The van der Waals surface area contributed by atoms with Gasteiger partial charge in [0.1, 0.15) is 5.75 Å². The number of benzene rings is 1. The van der Waals surface area contributed by atoms with E-state index in [-0.39, 0.29) is 6.09 Å². The van der Waals surface area contributed by atoms with Crippen molar-refractivity contribution in [3.63, 3.8) is 0 Å². The number of carbonyl (C=O) groups excluding carboxylic acids is 1. The van der Waals surface area contributed by atoms with Gasteiger partial charge in [-0.15, -0.1) is 0 Å². The molecule has 1 aliphatic heterocycles. The summed E-state index contributed by atoms with van der Waals surface area (Å²) in [6.45, 7) is 2.50. The van der Waals surface area contributed by atoms with Crippen LogP contribution in [-0.4, -0.2) is 49.1 Å². The van der Waals surface area contributed by atoms with Crippen LogP contribution in [0.5, 0.6) is 5.75 Å². The third-order valence-electron chi connectivity index (χ3n) is 7.03. The molecule has 1 aromatic carbocycles. The van der Waals surface area contributed by atoms with Gasteiger partial charge in [0, 0.05) is 26.1 Å². The minimum atomic E-state index is -0.286. The fraction of sp³-hybridized carbons (Fsp3) is 0.696. The van der Waals surface area contributed by atoms with E-state index in [0.29, 0.717) is 12.0 Å². The van der Waals surface area contributed by atoms with Gasteiger partial charge in [-0.05, 0) is 61.9 Å². The molecule has 2 atom stereocenters. The molecule has 1 saturated carbocycles. The minimum absolute atomic E-state index is 0.286.